The third-order valence-corrected chi connectivity index (χ3v) is 3.92. The van der Waals surface area contributed by atoms with E-state index in [0.717, 1.165) is 0 Å². The van der Waals surface area contributed by atoms with Gasteiger partial charge >= 0.3 is 0 Å². The molecule has 1 aromatic carbocycles. The summed E-state index contributed by atoms with van der Waals surface area (Å²) in [6, 6.07) is 4.59. The van der Waals surface area contributed by atoms with Crippen molar-refractivity contribution in [3.8, 4) is 5.75 Å². The fourth-order valence-corrected chi connectivity index (χ4v) is 2.61. The molecule has 3 nitrogen and oxygen atoms in total. The number of amides is 1. The molecule has 1 radical (unpaired) electrons. The summed E-state index contributed by atoms with van der Waals surface area (Å²) < 4.78 is 19.5. The second-order valence-corrected chi connectivity index (χ2v) is 5.81. The Bertz CT molecular complexity index is 577. The van der Waals surface area contributed by atoms with E-state index in [1.807, 2.05) is 0 Å². The van der Waals surface area contributed by atoms with E-state index in [1.165, 1.54) is 11.0 Å². The van der Waals surface area contributed by atoms with Crippen molar-refractivity contribution in [3.05, 3.63) is 48.3 Å². The Kier molecular flexibility index (Phi) is 7.50. The smallest absolute Gasteiger partial charge is 0.235 e. The number of carbonyl (C=O) groups excluding carboxylic acids is 1. The number of rotatable bonds is 4. The number of hydrogen-bond donors (Lipinski definition) is 0. The molecule has 0 spiro atoms. The molecule has 0 aliphatic carbocycles. The largest absolute Gasteiger partial charge is 0.508 e. The fraction of sp³-hybridized carbons (Fsp3) is 0.267. The standard InChI is InChI=1S/C15H14FINO2.Y/c1-3-9-20-13-6-4-5-10(16)14(13)12-8-7-11(17)15(19)18(12)2;/h3-6,11H,1,7,9H2,2H3;/q-1;. The molecular formula is C15H14FINO2Y-. The predicted molar refractivity (Wildman–Crippen MR) is 83.9 cm³/mol. The zero-order valence-corrected chi connectivity index (χ0v) is 16.6. The van der Waals surface area contributed by atoms with Gasteiger partial charge in [-0.05, 0) is 12.1 Å². The molecule has 0 bridgehead atoms. The minimum Gasteiger partial charge on any atom is -0.508 e. The Morgan fingerprint density at radius 3 is 3.00 bits per heavy atom. The third kappa shape index (κ3) is 4.14. The van der Waals surface area contributed by atoms with Crippen LogP contribution >= 0.6 is 22.6 Å². The summed E-state index contributed by atoms with van der Waals surface area (Å²) in [6.07, 6.45) is 5.14. The summed E-state index contributed by atoms with van der Waals surface area (Å²) in [5, 5.41) is 0. The van der Waals surface area contributed by atoms with Gasteiger partial charge in [0, 0.05) is 39.8 Å². The number of nitrogens with zero attached hydrogens (tertiary/aromatic N) is 1. The number of alkyl halides is 1. The van der Waals surface area contributed by atoms with Gasteiger partial charge in [0.05, 0.1) is 15.5 Å². The topological polar surface area (TPSA) is 29.5 Å². The second-order valence-electron chi connectivity index (χ2n) is 4.31. The summed E-state index contributed by atoms with van der Waals surface area (Å²) in [5.74, 6) is -0.100. The molecule has 0 saturated carbocycles. The van der Waals surface area contributed by atoms with Crippen LogP contribution in [0, 0.1) is 11.9 Å². The summed E-state index contributed by atoms with van der Waals surface area (Å²) in [7, 11) is 1.62. The molecule has 21 heavy (non-hydrogen) atoms. The number of halogens is 2. The van der Waals surface area contributed by atoms with Crippen LogP contribution in [0.1, 0.15) is 12.0 Å². The van der Waals surface area contributed by atoms with Crippen molar-refractivity contribution in [3.63, 3.8) is 0 Å². The molecule has 0 aromatic heterocycles. The van der Waals surface area contributed by atoms with Gasteiger partial charge in [0.15, 0.2) is 0 Å². The van der Waals surface area contributed by atoms with E-state index in [1.54, 1.807) is 25.3 Å². The molecule has 1 amide bonds. The van der Waals surface area contributed by atoms with Gasteiger partial charge in [0.1, 0.15) is 6.61 Å². The van der Waals surface area contributed by atoms with Crippen LogP contribution in [-0.4, -0.2) is 28.4 Å². The van der Waals surface area contributed by atoms with Crippen molar-refractivity contribution in [2.45, 2.75) is 10.3 Å². The van der Waals surface area contributed by atoms with Crippen LogP contribution in [0.2, 0.25) is 0 Å². The molecule has 6 heteroatoms. The van der Waals surface area contributed by atoms with Gasteiger partial charge in [-0.15, -0.1) is 5.70 Å². The minimum atomic E-state index is -0.430. The zero-order chi connectivity index (χ0) is 14.7. The van der Waals surface area contributed by atoms with Crippen LogP contribution in [-0.2, 0) is 37.5 Å². The first-order valence-corrected chi connectivity index (χ1v) is 7.36. The quantitative estimate of drug-likeness (QED) is 0.290. The van der Waals surface area contributed by atoms with Crippen molar-refractivity contribution >= 4 is 34.2 Å². The monoisotopic (exact) mass is 475 g/mol. The Balaban J connectivity index is 0.00000220. The molecule has 1 heterocycles. The van der Waals surface area contributed by atoms with Crippen LogP contribution < -0.4 is 4.74 Å². The summed E-state index contributed by atoms with van der Waals surface area (Å²) in [5.41, 5.74) is 0.702. The summed E-state index contributed by atoms with van der Waals surface area (Å²) in [4.78, 5) is 13.5. The second kappa shape index (κ2) is 8.39. The number of allylic oxidation sites excluding steroid dienone is 1. The molecule has 0 saturated heterocycles. The molecule has 0 fully saturated rings. The van der Waals surface area contributed by atoms with Gasteiger partial charge < -0.3 is 9.64 Å². The SMILES string of the molecule is C=CCOc1cccc(F)c1C1=[C-]CC(I)C(=O)N1C.[Y]. The van der Waals surface area contributed by atoms with Crippen molar-refractivity contribution in [2.24, 2.45) is 0 Å². The van der Waals surface area contributed by atoms with Crippen molar-refractivity contribution in [2.75, 3.05) is 13.7 Å². The first-order valence-electron chi connectivity index (χ1n) is 6.11. The van der Waals surface area contributed by atoms with E-state index in [9.17, 15) is 9.18 Å². The number of benzene rings is 1. The van der Waals surface area contributed by atoms with E-state index in [0.29, 0.717) is 17.9 Å². The number of hydrogen-bond acceptors (Lipinski definition) is 2. The van der Waals surface area contributed by atoms with E-state index < -0.39 is 5.82 Å². The number of ether oxygens (including phenoxy) is 1. The Labute approximate surface area is 162 Å². The van der Waals surface area contributed by atoms with E-state index in [2.05, 4.69) is 35.2 Å². The molecule has 0 N–H and O–H groups in total. The van der Waals surface area contributed by atoms with E-state index in [4.69, 9.17) is 4.74 Å². The molecular weight excluding hydrogens is 461 g/mol. The van der Waals surface area contributed by atoms with Crippen LogP contribution in [0.3, 0.4) is 0 Å². The van der Waals surface area contributed by atoms with Crippen LogP contribution in [0.15, 0.2) is 30.9 Å². The summed E-state index contributed by atoms with van der Waals surface area (Å²) in [6.45, 7) is 3.84. The zero-order valence-electron chi connectivity index (χ0n) is 11.6. The van der Waals surface area contributed by atoms with E-state index >= 15 is 0 Å². The molecule has 2 rings (SSSR count). The van der Waals surface area contributed by atoms with Gasteiger partial charge in [-0.3, -0.25) is 4.79 Å². The Morgan fingerprint density at radius 2 is 2.33 bits per heavy atom. The first kappa shape index (κ1) is 18.8. The van der Waals surface area contributed by atoms with Crippen molar-refractivity contribution in [1.82, 2.24) is 4.90 Å². The van der Waals surface area contributed by atoms with Crippen LogP contribution in [0.4, 0.5) is 4.39 Å². The maximum Gasteiger partial charge on any atom is 0.235 e. The Morgan fingerprint density at radius 1 is 1.62 bits per heavy atom. The average Bonchev–Trinajstić information content (AvgIpc) is 2.44. The Hall–Kier alpha value is -0.266. The average molecular weight is 475 g/mol. The minimum absolute atomic E-state index is 0. The van der Waals surface area contributed by atoms with E-state index in [-0.39, 0.29) is 54.7 Å². The van der Waals surface area contributed by atoms with Gasteiger partial charge in [0.25, 0.3) is 0 Å². The molecule has 1 aromatic rings. The maximum atomic E-state index is 14.2. The molecule has 1 atom stereocenters. The van der Waals surface area contributed by atoms with Gasteiger partial charge in [-0.1, -0.05) is 53.3 Å². The van der Waals surface area contributed by atoms with Crippen molar-refractivity contribution < 1.29 is 46.6 Å². The van der Waals surface area contributed by atoms with Crippen LogP contribution in [0.5, 0.6) is 5.75 Å². The molecule has 1 unspecified atom stereocenters. The van der Waals surface area contributed by atoms with Crippen molar-refractivity contribution in [1.29, 1.82) is 0 Å². The van der Waals surface area contributed by atoms with Gasteiger partial charge in [-0.25, -0.2) is 10.5 Å². The number of carbonyl (C=O) groups is 1. The van der Waals surface area contributed by atoms with Crippen LogP contribution in [0.25, 0.3) is 5.70 Å². The molecule has 109 valence electrons. The van der Waals surface area contributed by atoms with Gasteiger partial charge in [-0.2, -0.15) is 0 Å². The normalized spacial score (nSPS) is 17.9. The fourth-order valence-electron chi connectivity index (χ4n) is 1.97. The third-order valence-electron chi connectivity index (χ3n) is 2.95. The summed E-state index contributed by atoms with van der Waals surface area (Å²) >= 11 is 2.06. The van der Waals surface area contributed by atoms with Gasteiger partial charge in [0.2, 0.25) is 5.91 Å². The maximum absolute atomic E-state index is 14.2. The molecule has 1 aliphatic rings. The molecule has 1 aliphatic heterocycles. The predicted octanol–water partition coefficient (Wildman–Crippen LogP) is 3.20. The first-order chi connectivity index (χ1) is 9.56.